The van der Waals surface area contributed by atoms with E-state index in [0.717, 1.165) is 6.42 Å². The first-order valence-electron chi connectivity index (χ1n) is 3.59. The van der Waals surface area contributed by atoms with E-state index in [1.165, 1.54) is 0 Å². The second-order valence-electron chi connectivity index (χ2n) is 2.36. The van der Waals surface area contributed by atoms with Crippen molar-refractivity contribution in [3.8, 4) is 0 Å². The highest BCUT2D eigenvalue weighted by Crippen LogP contribution is 2.15. The maximum atomic E-state index is 10.5. The van der Waals surface area contributed by atoms with Gasteiger partial charge >= 0.3 is 5.97 Å². The normalized spacial score (nSPS) is 16.7. The molecule has 0 atom stereocenters. The van der Waals surface area contributed by atoms with Gasteiger partial charge in [0.1, 0.15) is 0 Å². The van der Waals surface area contributed by atoms with Crippen molar-refractivity contribution in [2.45, 2.75) is 13.3 Å². The van der Waals surface area contributed by atoms with E-state index in [-0.39, 0.29) is 10.9 Å². The molecule has 1 heterocycles. The highest BCUT2D eigenvalue weighted by atomic mass is 35.5. The van der Waals surface area contributed by atoms with Gasteiger partial charge in [0.15, 0.2) is 10.9 Å². The number of nitrogens with one attached hydrogen (secondary N) is 2. The van der Waals surface area contributed by atoms with E-state index in [9.17, 15) is 4.79 Å². The molecule has 12 heavy (non-hydrogen) atoms. The number of hydrogen-bond donors (Lipinski definition) is 3. The van der Waals surface area contributed by atoms with Crippen molar-refractivity contribution in [1.29, 1.82) is 0 Å². The predicted octanol–water partition coefficient (Wildman–Crippen LogP) is 0.214. The molecule has 3 N–H and O–H groups in total. The molecule has 0 unspecified atom stereocenters. The van der Waals surface area contributed by atoms with E-state index in [0.29, 0.717) is 6.54 Å². The van der Waals surface area contributed by atoms with Crippen LogP contribution in [0.25, 0.3) is 0 Å². The van der Waals surface area contributed by atoms with E-state index in [2.05, 4.69) is 11.0 Å². The van der Waals surface area contributed by atoms with Crippen LogP contribution < -0.4 is 11.0 Å². The van der Waals surface area contributed by atoms with Crippen LogP contribution in [0, 0.1) is 0 Å². The molecule has 0 bridgehead atoms. The van der Waals surface area contributed by atoms with Crippen LogP contribution in [-0.2, 0) is 4.79 Å². The summed E-state index contributed by atoms with van der Waals surface area (Å²) in [6.45, 7) is 2.65. The Kier molecular flexibility index (Phi) is 2.78. The van der Waals surface area contributed by atoms with Gasteiger partial charge in [0.05, 0.1) is 0 Å². The van der Waals surface area contributed by atoms with E-state index >= 15 is 0 Å². The van der Waals surface area contributed by atoms with Crippen LogP contribution >= 0.6 is 11.6 Å². The number of aliphatic carboxylic acids is 1. The van der Waals surface area contributed by atoms with Gasteiger partial charge < -0.3 is 5.11 Å². The van der Waals surface area contributed by atoms with Crippen molar-refractivity contribution in [3.05, 3.63) is 10.9 Å². The summed E-state index contributed by atoms with van der Waals surface area (Å²) in [5.74, 6) is -1.06. The maximum Gasteiger partial charge on any atom is 0.356 e. The Morgan fingerprint density at radius 2 is 2.42 bits per heavy atom. The first-order valence-corrected chi connectivity index (χ1v) is 3.97. The number of carboxylic acid groups (broad SMARTS) is 1. The average molecular weight is 192 g/mol. The third kappa shape index (κ3) is 1.62. The molecule has 0 radical (unpaired) electrons. The summed E-state index contributed by atoms with van der Waals surface area (Å²) in [5.41, 5.74) is 5.09. The summed E-state index contributed by atoms with van der Waals surface area (Å²) in [7, 11) is 0. The van der Waals surface area contributed by atoms with E-state index in [1.807, 2.05) is 6.92 Å². The maximum absolute atomic E-state index is 10.5. The molecule has 1 rings (SSSR count). The van der Waals surface area contributed by atoms with Crippen LogP contribution in [0.15, 0.2) is 10.9 Å². The van der Waals surface area contributed by atoms with Crippen molar-refractivity contribution < 1.29 is 9.90 Å². The zero-order valence-electron chi connectivity index (χ0n) is 6.59. The first kappa shape index (κ1) is 9.15. The third-order valence-electron chi connectivity index (χ3n) is 1.42. The Bertz CT molecular complexity index is 229. The fourth-order valence-corrected chi connectivity index (χ4v) is 1.13. The topological polar surface area (TPSA) is 64.6 Å². The lowest BCUT2D eigenvalue weighted by Gasteiger charge is -2.15. The quantitative estimate of drug-likeness (QED) is 0.557. The van der Waals surface area contributed by atoms with Crippen LogP contribution in [0.2, 0.25) is 0 Å². The molecule has 0 saturated carbocycles. The van der Waals surface area contributed by atoms with Gasteiger partial charge in [0, 0.05) is 6.54 Å². The Morgan fingerprint density at radius 3 is 2.83 bits per heavy atom. The molecule has 0 fully saturated rings. The molecule has 0 amide bonds. The molecule has 0 aromatic rings. The molecular formula is C6H10ClN3O2. The lowest BCUT2D eigenvalue weighted by molar-refractivity contribution is -0.133. The van der Waals surface area contributed by atoms with Crippen LogP contribution in [-0.4, -0.2) is 22.6 Å². The monoisotopic (exact) mass is 191 g/mol. The van der Waals surface area contributed by atoms with Crippen LogP contribution in [0.4, 0.5) is 0 Å². The second kappa shape index (κ2) is 3.64. The molecule has 0 aromatic carbocycles. The number of rotatable bonds is 3. The Balaban J connectivity index is 2.69. The summed E-state index contributed by atoms with van der Waals surface area (Å²) in [6, 6.07) is 0. The fraction of sp³-hybridized carbons (Fsp3) is 0.500. The molecule has 1 aliphatic heterocycles. The standard InChI is InChI=1S/C6H10ClN3O2/c1-2-3-10-5(7)4(6(11)12)8-9-10/h8-9H,2-3H2,1H3,(H,11,12). The first-order chi connectivity index (χ1) is 5.66. The number of hydrogen-bond acceptors (Lipinski definition) is 4. The molecule has 6 heteroatoms. The van der Waals surface area contributed by atoms with Gasteiger partial charge in [-0.05, 0) is 6.42 Å². The number of nitrogens with zero attached hydrogens (tertiary/aromatic N) is 1. The Labute approximate surface area is 74.9 Å². The van der Waals surface area contributed by atoms with Crippen molar-refractivity contribution in [1.82, 2.24) is 16.0 Å². The van der Waals surface area contributed by atoms with Gasteiger partial charge in [0.25, 0.3) is 0 Å². The minimum Gasteiger partial charge on any atom is -0.476 e. The van der Waals surface area contributed by atoms with Crippen molar-refractivity contribution in [2.75, 3.05) is 6.54 Å². The Morgan fingerprint density at radius 1 is 1.75 bits per heavy atom. The van der Waals surface area contributed by atoms with Gasteiger partial charge in [-0.3, -0.25) is 10.4 Å². The highest BCUT2D eigenvalue weighted by Gasteiger charge is 2.24. The molecule has 0 aromatic heterocycles. The van der Waals surface area contributed by atoms with Gasteiger partial charge in [-0.25, -0.2) is 4.79 Å². The third-order valence-corrected chi connectivity index (χ3v) is 1.81. The average Bonchev–Trinajstić information content (AvgIpc) is 2.34. The van der Waals surface area contributed by atoms with E-state index < -0.39 is 5.97 Å². The Hall–Kier alpha value is -0.940. The molecule has 0 aliphatic carbocycles. The minimum absolute atomic E-state index is 0.00915. The lowest BCUT2D eigenvalue weighted by Crippen LogP contribution is -2.38. The smallest absolute Gasteiger partial charge is 0.356 e. The molecule has 68 valence electrons. The summed E-state index contributed by atoms with van der Waals surface area (Å²) in [6.07, 6.45) is 0.887. The van der Waals surface area contributed by atoms with Gasteiger partial charge in [-0.2, -0.15) is 0 Å². The SMILES string of the molecule is CCCN1NNC(C(=O)O)=C1Cl. The minimum atomic E-state index is -1.06. The molecule has 0 spiro atoms. The molecule has 5 nitrogen and oxygen atoms in total. The van der Waals surface area contributed by atoms with Crippen LogP contribution in [0.3, 0.4) is 0 Å². The lowest BCUT2D eigenvalue weighted by atomic mass is 10.4. The van der Waals surface area contributed by atoms with Crippen LogP contribution in [0.5, 0.6) is 0 Å². The number of halogens is 1. The number of carbonyl (C=O) groups is 1. The van der Waals surface area contributed by atoms with Gasteiger partial charge in [-0.15, -0.1) is 5.53 Å². The van der Waals surface area contributed by atoms with E-state index in [1.54, 1.807) is 5.01 Å². The highest BCUT2D eigenvalue weighted by molar-refractivity contribution is 6.31. The van der Waals surface area contributed by atoms with Gasteiger partial charge in [-0.1, -0.05) is 18.5 Å². The fourth-order valence-electron chi connectivity index (χ4n) is 0.878. The summed E-state index contributed by atoms with van der Waals surface area (Å²) in [5, 5.41) is 10.3. The largest absolute Gasteiger partial charge is 0.476 e. The summed E-state index contributed by atoms with van der Waals surface area (Å²) < 4.78 is 0. The number of hydrazine groups is 2. The number of carboxylic acids is 1. The zero-order chi connectivity index (χ0) is 9.14. The molecule has 1 aliphatic rings. The van der Waals surface area contributed by atoms with Gasteiger partial charge in [0.2, 0.25) is 0 Å². The van der Waals surface area contributed by atoms with Crippen molar-refractivity contribution in [3.63, 3.8) is 0 Å². The summed E-state index contributed by atoms with van der Waals surface area (Å²) >= 11 is 5.72. The predicted molar refractivity (Wildman–Crippen MR) is 43.8 cm³/mol. The van der Waals surface area contributed by atoms with Crippen molar-refractivity contribution >= 4 is 17.6 Å². The second-order valence-corrected chi connectivity index (χ2v) is 2.72. The van der Waals surface area contributed by atoms with Crippen molar-refractivity contribution in [2.24, 2.45) is 0 Å². The zero-order valence-corrected chi connectivity index (χ0v) is 7.35. The molecular weight excluding hydrogens is 182 g/mol. The van der Waals surface area contributed by atoms with Crippen LogP contribution in [0.1, 0.15) is 13.3 Å². The van der Waals surface area contributed by atoms with E-state index in [4.69, 9.17) is 16.7 Å². The summed E-state index contributed by atoms with van der Waals surface area (Å²) in [4.78, 5) is 10.5. The molecule has 0 saturated heterocycles.